The Hall–Kier alpha value is -2.23. The van der Waals surface area contributed by atoms with E-state index in [0.29, 0.717) is 17.7 Å². The molecule has 144 valence electrons. The lowest BCUT2D eigenvalue weighted by Gasteiger charge is -2.29. The summed E-state index contributed by atoms with van der Waals surface area (Å²) in [6, 6.07) is 2.17. The highest BCUT2D eigenvalue weighted by Crippen LogP contribution is 2.43. The van der Waals surface area contributed by atoms with E-state index in [2.05, 4.69) is 16.0 Å². The number of rotatable bonds is 4. The third-order valence-corrected chi connectivity index (χ3v) is 4.02. The summed E-state index contributed by atoms with van der Waals surface area (Å²) in [5, 5.41) is 8.07. The van der Waals surface area contributed by atoms with Crippen LogP contribution in [0.5, 0.6) is 0 Å². The number of hydrogen-bond donors (Lipinski definition) is 3. The van der Waals surface area contributed by atoms with Crippen molar-refractivity contribution in [3.8, 4) is 0 Å². The van der Waals surface area contributed by atoms with E-state index >= 15 is 0 Å². The summed E-state index contributed by atoms with van der Waals surface area (Å²) in [5.41, 5.74) is -0.819. The molecule has 0 aliphatic carbocycles. The number of amides is 2. The minimum absolute atomic E-state index is 0.0559. The molecule has 0 bridgehead atoms. The van der Waals surface area contributed by atoms with Crippen molar-refractivity contribution in [2.75, 3.05) is 0 Å². The van der Waals surface area contributed by atoms with E-state index in [-0.39, 0.29) is 18.5 Å². The Labute approximate surface area is 146 Å². The Morgan fingerprint density at radius 1 is 1.19 bits per heavy atom. The maximum atomic E-state index is 13.3. The first-order valence-corrected chi connectivity index (χ1v) is 7.82. The number of carbonyl (C=O) groups is 2. The summed E-state index contributed by atoms with van der Waals surface area (Å²) in [6.45, 7) is 3.22. The second-order valence-corrected chi connectivity index (χ2v) is 6.14. The molecule has 1 aromatic carbocycles. The molecule has 10 heteroatoms. The van der Waals surface area contributed by atoms with Crippen LogP contribution in [0.15, 0.2) is 24.3 Å². The van der Waals surface area contributed by atoms with Crippen molar-refractivity contribution >= 4 is 11.8 Å². The standard InChI is InChI=1S/C16H18F5N3O2/c1-8(22-14(26)12-7-13(25)24-9(2)23-12)10-3-5-11(6-4-10)15(17,18)16(19,20)21/h3-6,8-9,12,23H,7H2,1-2H3,(H,22,26)(H,24,25). The van der Waals surface area contributed by atoms with Crippen LogP contribution in [0.1, 0.15) is 37.4 Å². The van der Waals surface area contributed by atoms with Gasteiger partial charge in [0.15, 0.2) is 0 Å². The van der Waals surface area contributed by atoms with Crippen LogP contribution in [0.2, 0.25) is 0 Å². The van der Waals surface area contributed by atoms with Crippen molar-refractivity contribution in [3.05, 3.63) is 35.4 Å². The Morgan fingerprint density at radius 3 is 2.27 bits per heavy atom. The number of benzene rings is 1. The smallest absolute Gasteiger partial charge is 0.348 e. The first-order valence-electron chi connectivity index (χ1n) is 7.82. The summed E-state index contributed by atoms with van der Waals surface area (Å²) >= 11 is 0. The average Bonchev–Trinajstić information content (AvgIpc) is 2.52. The van der Waals surface area contributed by atoms with Gasteiger partial charge in [-0.15, -0.1) is 0 Å². The van der Waals surface area contributed by atoms with Crippen LogP contribution in [0.25, 0.3) is 0 Å². The predicted octanol–water partition coefficient (Wildman–Crippen LogP) is 2.34. The average molecular weight is 379 g/mol. The second-order valence-electron chi connectivity index (χ2n) is 6.14. The number of alkyl halides is 5. The van der Waals surface area contributed by atoms with Gasteiger partial charge < -0.3 is 10.6 Å². The molecule has 1 aromatic rings. The van der Waals surface area contributed by atoms with Gasteiger partial charge in [0.05, 0.1) is 24.7 Å². The molecule has 1 heterocycles. The molecule has 3 N–H and O–H groups in total. The van der Waals surface area contributed by atoms with E-state index in [0.717, 1.165) is 12.1 Å². The van der Waals surface area contributed by atoms with Gasteiger partial charge in [0.25, 0.3) is 0 Å². The highest BCUT2D eigenvalue weighted by atomic mass is 19.4. The zero-order valence-electron chi connectivity index (χ0n) is 14.0. The third kappa shape index (κ3) is 4.29. The fraction of sp³-hybridized carbons (Fsp3) is 0.500. The molecule has 1 aliphatic heterocycles. The van der Waals surface area contributed by atoms with Gasteiger partial charge in [-0.3, -0.25) is 14.9 Å². The van der Waals surface area contributed by atoms with E-state index in [1.54, 1.807) is 13.8 Å². The van der Waals surface area contributed by atoms with Crippen molar-refractivity contribution in [3.63, 3.8) is 0 Å². The first kappa shape index (κ1) is 20.1. The van der Waals surface area contributed by atoms with E-state index in [1.807, 2.05) is 0 Å². The summed E-state index contributed by atoms with van der Waals surface area (Å²) in [4.78, 5) is 23.7. The normalized spacial score (nSPS) is 22.5. The molecule has 2 amide bonds. The van der Waals surface area contributed by atoms with Gasteiger partial charge in [-0.1, -0.05) is 24.3 Å². The van der Waals surface area contributed by atoms with Crippen molar-refractivity contribution in [1.82, 2.24) is 16.0 Å². The minimum atomic E-state index is -5.68. The molecule has 1 fully saturated rings. The van der Waals surface area contributed by atoms with Crippen LogP contribution in [-0.4, -0.2) is 30.2 Å². The second kappa shape index (κ2) is 7.18. The van der Waals surface area contributed by atoms with Crippen LogP contribution >= 0.6 is 0 Å². The number of hydrogen-bond acceptors (Lipinski definition) is 3. The quantitative estimate of drug-likeness (QED) is 0.704. The van der Waals surface area contributed by atoms with E-state index in [1.165, 1.54) is 0 Å². The summed E-state index contributed by atoms with van der Waals surface area (Å²) in [5.74, 6) is -5.71. The molecular weight excluding hydrogens is 361 g/mol. The van der Waals surface area contributed by atoms with Gasteiger partial charge >= 0.3 is 12.1 Å². The Balaban J connectivity index is 2.05. The maximum absolute atomic E-state index is 13.3. The van der Waals surface area contributed by atoms with Gasteiger partial charge in [-0.25, -0.2) is 0 Å². The SMILES string of the molecule is CC1NC(=O)CC(C(=O)NC(C)c2ccc(C(F)(F)C(F)(F)F)cc2)N1. The molecule has 26 heavy (non-hydrogen) atoms. The lowest BCUT2D eigenvalue weighted by molar-refractivity contribution is -0.289. The van der Waals surface area contributed by atoms with Crippen LogP contribution in [0.4, 0.5) is 22.0 Å². The Morgan fingerprint density at radius 2 is 1.77 bits per heavy atom. The van der Waals surface area contributed by atoms with E-state index in [4.69, 9.17) is 0 Å². The molecular formula is C16H18F5N3O2. The van der Waals surface area contributed by atoms with Crippen LogP contribution in [-0.2, 0) is 15.5 Å². The first-order chi connectivity index (χ1) is 11.9. The number of halogens is 5. The molecule has 0 spiro atoms. The summed E-state index contributed by atoms with van der Waals surface area (Å²) in [7, 11) is 0. The van der Waals surface area contributed by atoms with Gasteiger partial charge in [-0.2, -0.15) is 22.0 Å². The van der Waals surface area contributed by atoms with E-state index in [9.17, 15) is 31.5 Å². The Kier molecular flexibility index (Phi) is 5.55. The molecule has 0 saturated carbocycles. The summed E-state index contributed by atoms with van der Waals surface area (Å²) in [6.07, 6.45) is -6.12. The van der Waals surface area contributed by atoms with Crippen LogP contribution in [0, 0.1) is 0 Å². The maximum Gasteiger partial charge on any atom is 0.458 e. The zero-order chi connectivity index (χ0) is 19.7. The molecule has 2 rings (SSSR count). The lowest BCUT2D eigenvalue weighted by atomic mass is 10.0. The zero-order valence-corrected chi connectivity index (χ0v) is 14.0. The third-order valence-electron chi connectivity index (χ3n) is 4.02. The van der Waals surface area contributed by atoms with Gasteiger partial charge in [0.1, 0.15) is 0 Å². The molecule has 1 aliphatic rings. The minimum Gasteiger partial charge on any atom is -0.348 e. The highest BCUT2D eigenvalue weighted by Gasteiger charge is 2.58. The van der Waals surface area contributed by atoms with Gasteiger partial charge in [-0.05, 0) is 19.4 Å². The van der Waals surface area contributed by atoms with Crippen LogP contribution < -0.4 is 16.0 Å². The largest absolute Gasteiger partial charge is 0.458 e. The molecule has 5 nitrogen and oxygen atoms in total. The fourth-order valence-electron chi connectivity index (χ4n) is 2.60. The van der Waals surface area contributed by atoms with E-state index < -0.39 is 35.7 Å². The number of carbonyl (C=O) groups excluding carboxylic acids is 2. The van der Waals surface area contributed by atoms with Crippen molar-refractivity contribution < 1.29 is 31.5 Å². The van der Waals surface area contributed by atoms with Crippen molar-refractivity contribution in [2.45, 2.75) is 50.6 Å². The van der Waals surface area contributed by atoms with Crippen molar-refractivity contribution in [1.29, 1.82) is 0 Å². The fourth-order valence-corrected chi connectivity index (χ4v) is 2.60. The molecule has 0 radical (unpaired) electrons. The molecule has 0 aromatic heterocycles. The molecule has 3 atom stereocenters. The molecule has 1 saturated heterocycles. The topological polar surface area (TPSA) is 70.2 Å². The van der Waals surface area contributed by atoms with Gasteiger partial charge in [0, 0.05) is 5.56 Å². The molecule has 3 unspecified atom stereocenters. The van der Waals surface area contributed by atoms with Gasteiger partial charge in [0.2, 0.25) is 11.8 Å². The summed E-state index contributed by atoms with van der Waals surface area (Å²) < 4.78 is 63.7. The lowest BCUT2D eigenvalue weighted by Crippen LogP contribution is -2.59. The highest BCUT2D eigenvalue weighted by molar-refractivity contribution is 5.89. The predicted molar refractivity (Wildman–Crippen MR) is 82.1 cm³/mol. The van der Waals surface area contributed by atoms with Crippen LogP contribution in [0.3, 0.4) is 0 Å². The Bertz CT molecular complexity index is 675. The monoisotopic (exact) mass is 379 g/mol. The van der Waals surface area contributed by atoms with Crippen molar-refractivity contribution in [2.24, 2.45) is 0 Å². The number of nitrogens with one attached hydrogen (secondary N) is 3.